The third kappa shape index (κ3) is 3.94. The van der Waals surface area contributed by atoms with Crippen molar-refractivity contribution in [1.82, 2.24) is 25.1 Å². The van der Waals surface area contributed by atoms with Crippen LogP contribution in [0.1, 0.15) is 16.3 Å². The maximum absolute atomic E-state index is 12.5. The Hall–Kier alpha value is -3.36. The number of benzene rings is 2. The molecule has 1 N–H and O–H groups in total. The third-order valence-electron chi connectivity index (χ3n) is 5.19. The van der Waals surface area contributed by atoms with E-state index in [1.165, 1.54) is 11.8 Å². The van der Waals surface area contributed by atoms with Crippen LogP contribution in [0.25, 0.3) is 32.7 Å². The van der Waals surface area contributed by atoms with Crippen LogP contribution in [0, 0.1) is 13.8 Å². The van der Waals surface area contributed by atoms with Crippen molar-refractivity contribution in [3.05, 3.63) is 87.3 Å². The molecule has 2 aromatic carbocycles. The third-order valence-corrected chi connectivity index (χ3v) is 7.14. The van der Waals surface area contributed by atoms with E-state index < -0.39 is 0 Å². The first kappa shape index (κ1) is 20.5. The molecule has 8 heteroatoms. The first-order valence-corrected chi connectivity index (χ1v) is 11.9. The summed E-state index contributed by atoms with van der Waals surface area (Å²) in [6.45, 7) is 3.97. The van der Waals surface area contributed by atoms with E-state index in [-0.39, 0.29) is 5.56 Å². The van der Waals surface area contributed by atoms with Crippen molar-refractivity contribution >= 4 is 33.3 Å². The lowest BCUT2D eigenvalue weighted by Crippen LogP contribution is -2.11. The Balaban J connectivity index is 1.48. The van der Waals surface area contributed by atoms with Gasteiger partial charge in [0.25, 0.3) is 5.56 Å². The number of thiophene rings is 1. The molecule has 0 spiro atoms. The zero-order valence-corrected chi connectivity index (χ0v) is 19.1. The second-order valence-electron chi connectivity index (χ2n) is 7.29. The topological polar surface area (TPSA) is 84.4 Å². The first-order valence-electron chi connectivity index (χ1n) is 10.1. The maximum Gasteiger partial charge on any atom is 0.259 e. The van der Waals surface area contributed by atoms with Crippen molar-refractivity contribution in [1.29, 1.82) is 0 Å². The summed E-state index contributed by atoms with van der Waals surface area (Å²) in [5, 5.41) is 10.1. The second-order valence-corrected chi connectivity index (χ2v) is 9.43. The van der Waals surface area contributed by atoms with E-state index in [2.05, 4.69) is 20.2 Å². The zero-order valence-electron chi connectivity index (χ0n) is 17.5. The van der Waals surface area contributed by atoms with E-state index in [1.807, 2.05) is 74.5 Å². The SMILES string of the molecule is Cc1sc2nc(CSc3nnc(-c4ccccc4)c(-c4ccccc4)n3)[nH]c(=O)c2c1C. The summed E-state index contributed by atoms with van der Waals surface area (Å²) in [5.41, 5.74) is 4.34. The molecule has 0 fully saturated rings. The number of hydrogen-bond acceptors (Lipinski definition) is 7. The van der Waals surface area contributed by atoms with Gasteiger partial charge >= 0.3 is 0 Å². The van der Waals surface area contributed by atoms with Gasteiger partial charge in [0.1, 0.15) is 22.0 Å². The van der Waals surface area contributed by atoms with Gasteiger partial charge < -0.3 is 4.98 Å². The lowest BCUT2D eigenvalue weighted by atomic mass is 10.0. The molecule has 5 aromatic rings. The van der Waals surface area contributed by atoms with Crippen LogP contribution in [0.4, 0.5) is 0 Å². The summed E-state index contributed by atoms with van der Waals surface area (Å²) in [6, 6.07) is 19.9. The van der Waals surface area contributed by atoms with Gasteiger partial charge in [-0.2, -0.15) is 0 Å². The molecule has 0 atom stereocenters. The first-order chi connectivity index (χ1) is 15.6. The van der Waals surface area contributed by atoms with Gasteiger partial charge in [-0.05, 0) is 19.4 Å². The van der Waals surface area contributed by atoms with Crippen LogP contribution in [0.2, 0.25) is 0 Å². The van der Waals surface area contributed by atoms with Crippen LogP contribution in [-0.4, -0.2) is 25.1 Å². The molecule has 5 rings (SSSR count). The minimum Gasteiger partial charge on any atom is -0.309 e. The highest BCUT2D eigenvalue weighted by Crippen LogP contribution is 2.31. The van der Waals surface area contributed by atoms with Crippen LogP contribution >= 0.6 is 23.1 Å². The van der Waals surface area contributed by atoms with Gasteiger partial charge in [0, 0.05) is 16.0 Å². The summed E-state index contributed by atoms with van der Waals surface area (Å²) in [4.78, 5) is 26.8. The van der Waals surface area contributed by atoms with Crippen molar-refractivity contribution in [3.8, 4) is 22.5 Å². The number of hydrogen-bond donors (Lipinski definition) is 1. The van der Waals surface area contributed by atoms with Crippen LogP contribution in [0.3, 0.4) is 0 Å². The Labute approximate surface area is 192 Å². The Bertz CT molecular complexity index is 1460. The lowest BCUT2D eigenvalue weighted by Gasteiger charge is -2.09. The predicted octanol–water partition coefficient (Wildman–Crippen LogP) is 5.41. The molecule has 0 saturated heterocycles. The van der Waals surface area contributed by atoms with Gasteiger partial charge in [0.2, 0.25) is 5.16 Å². The van der Waals surface area contributed by atoms with Gasteiger partial charge in [-0.25, -0.2) is 9.97 Å². The molecule has 0 radical (unpaired) electrons. The molecule has 0 unspecified atom stereocenters. The van der Waals surface area contributed by atoms with Crippen LogP contribution in [0.15, 0.2) is 70.6 Å². The molecule has 0 amide bonds. The summed E-state index contributed by atoms with van der Waals surface area (Å²) in [5.74, 6) is 1.05. The van der Waals surface area contributed by atoms with Gasteiger partial charge in [0.05, 0.1) is 11.1 Å². The van der Waals surface area contributed by atoms with Crippen LogP contribution < -0.4 is 5.56 Å². The van der Waals surface area contributed by atoms with Crippen molar-refractivity contribution in [3.63, 3.8) is 0 Å². The molecular formula is C24H19N5OS2. The molecule has 6 nitrogen and oxygen atoms in total. The molecule has 0 aliphatic heterocycles. The van der Waals surface area contributed by atoms with Crippen molar-refractivity contribution in [2.24, 2.45) is 0 Å². The molecule has 0 aliphatic rings. The molecule has 3 aromatic heterocycles. The fourth-order valence-electron chi connectivity index (χ4n) is 3.46. The average Bonchev–Trinajstić information content (AvgIpc) is 3.12. The van der Waals surface area contributed by atoms with Gasteiger partial charge in [0.15, 0.2) is 0 Å². The molecule has 3 heterocycles. The van der Waals surface area contributed by atoms with Crippen molar-refractivity contribution < 1.29 is 0 Å². The number of aromatic amines is 1. The van der Waals surface area contributed by atoms with Crippen LogP contribution in [-0.2, 0) is 5.75 Å². The number of aromatic nitrogens is 5. The van der Waals surface area contributed by atoms with Gasteiger partial charge in [-0.15, -0.1) is 21.5 Å². The Morgan fingerprint density at radius 1 is 0.875 bits per heavy atom. The minimum atomic E-state index is -0.101. The monoisotopic (exact) mass is 457 g/mol. The number of H-pyrrole nitrogens is 1. The van der Waals surface area contributed by atoms with E-state index in [4.69, 9.17) is 4.98 Å². The summed E-state index contributed by atoms with van der Waals surface area (Å²) < 4.78 is 0. The summed E-state index contributed by atoms with van der Waals surface area (Å²) in [7, 11) is 0. The number of rotatable bonds is 5. The van der Waals surface area contributed by atoms with Crippen molar-refractivity contribution in [2.75, 3.05) is 0 Å². The summed E-state index contributed by atoms with van der Waals surface area (Å²) in [6.07, 6.45) is 0. The van der Waals surface area contributed by atoms with Crippen LogP contribution in [0.5, 0.6) is 0 Å². The highest BCUT2D eigenvalue weighted by molar-refractivity contribution is 7.98. The normalized spacial score (nSPS) is 11.2. The van der Waals surface area contributed by atoms with Gasteiger partial charge in [-0.1, -0.05) is 72.4 Å². The fraction of sp³-hybridized carbons (Fsp3) is 0.125. The molecule has 0 bridgehead atoms. The number of nitrogens with zero attached hydrogens (tertiary/aromatic N) is 4. The second kappa shape index (κ2) is 8.64. The van der Waals surface area contributed by atoms with E-state index in [0.29, 0.717) is 22.1 Å². The molecular weight excluding hydrogens is 438 g/mol. The predicted molar refractivity (Wildman–Crippen MR) is 130 cm³/mol. The molecule has 158 valence electrons. The van der Waals surface area contributed by atoms with Crippen molar-refractivity contribution in [2.45, 2.75) is 24.8 Å². The number of fused-ring (bicyclic) bond motifs is 1. The van der Waals surface area contributed by atoms with E-state index in [0.717, 1.165) is 37.8 Å². The number of nitrogens with one attached hydrogen (secondary N) is 1. The maximum atomic E-state index is 12.5. The lowest BCUT2D eigenvalue weighted by molar-refractivity contribution is 0.848. The molecule has 32 heavy (non-hydrogen) atoms. The smallest absolute Gasteiger partial charge is 0.259 e. The molecule has 0 saturated carbocycles. The molecule has 0 aliphatic carbocycles. The minimum absolute atomic E-state index is 0.101. The Morgan fingerprint density at radius 2 is 1.53 bits per heavy atom. The highest BCUT2D eigenvalue weighted by Gasteiger charge is 2.15. The Morgan fingerprint density at radius 3 is 2.22 bits per heavy atom. The zero-order chi connectivity index (χ0) is 22.1. The standard InChI is InChI=1S/C24H19N5OS2/c1-14-15(2)32-23-19(14)22(30)25-18(26-23)13-31-24-27-20(16-9-5-3-6-10-16)21(28-29-24)17-11-7-4-8-12-17/h3-12H,13H2,1-2H3,(H,25,26,30). The van der Waals surface area contributed by atoms with E-state index >= 15 is 0 Å². The number of thioether (sulfide) groups is 1. The van der Waals surface area contributed by atoms with E-state index in [1.54, 1.807) is 11.3 Å². The van der Waals surface area contributed by atoms with E-state index in [9.17, 15) is 4.79 Å². The highest BCUT2D eigenvalue weighted by atomic mass is 32.2. The van der Waals surface area contributed by atoms with Gasteiger partial charge in [-0.3, -0.25) is 4.79 Å². The summed E-state index contributed by atoms with van der Waals surface area (Å²) >= 11 is 2.95. The Kier molecular flexibility index (Phi) is 5.55. The number of aryl methyl sites for hydroxylation is 2. The fourth-order valence-corrected chi connectivity index (χ4v) is 5.17. The average molecular weight is 458 g/mol. The quantitative estimate of drug-likeness (QED) is 0.355. The largest absolute Gasteiger partial charge is 0.309 e.